The summed E-state index contributed by atoms with van der Waals surface area (Å²) in [5.74, 6) is -0.338. The highest BCUT2D eigenvalue weighted by Gasteiger charge is 2.41. The van der Waals surface area contributed by atoms with Gasteiger partial charge in [0.1, 0.15) is 0 Å². The third-order valence-electron chi connectivity index (χ3n) is 5.55. The Labute approximate surface area is 187 Å². The second kappa shape index (κ2) is 18.2. The Morgan fingerprint density at radius 2 is 1.33 bits per heavy atom. The van der Waals surface area contributed by atoms with Crippen molar-refractivity contribution >= 4 is 7.60 Å². The van der Waals surface area contributed by atoms with E-state index in [0.717, 1.165) is 25.7 Å². The average Bonchev–Trinajstić information content (AvgIpc) is 2.67. The first-order valence-electron chi connectivity index (χ1n) is 12.3. The predicted molar refractivity (Wildman–Crippen MR) is 132 cm³/mol. The van der Waals surface area contributed by atoms with E-state index in [1.54, 1.807) is 0 Å². The van der Waals surface area contributed by atoms with E-state index in [0.29, 0.717) is 17.5 Å². The fourth-order valence-corrected chi connectivity index (χ4v) is 5.76. The van der Waals surface area contributed by atoms with Gasteiger partial charge in [0, 0.05) is 6.42 Å². The average molecular weight is 445 g/mol. The van der Waals surface area contributed by atoms with Crippen LogP contribution in [0.2, 0.25) is 0 Å². The van der Waals surface area contributed by atoms with Gasteiger partial charge in [-0.3, -0.25) is 4.57 Å². The quantitative estimate of drug-likeness (QED) is 0.0849. The third kappa shape index (κ3) is 16.3. The summed E-state index contributed by atoms with van der Waals surface area (Å²) >= 11 is 0. The van der Waals surface area contributed by atoms with Crippen molar-refractivity contribution in [2.45, 2.75) is 109 Å². The summed E-state index contributed by atoms with van der Waals surface area (Å²) < 4.78 is 18.6. The maximum Gasteiger partial charge on any atom is 0.385 e. The van der Waals surface area contributed by atoms with Gasteiger partial charge >= 0.3 is 7.60 Å². The Hall–Kier alpha value is -0.410. The molecule has 30 heavy (non-hydrogen) atoms. The van der Waals surface area contributed by atoms with E-state index in [-0.39, 0.29) is 5.78 Å². The Balaban J connectivity index is 3.60. The van der Waals surface area contributed by atoms with E-state index in [1.807, 2.05) is 34.1 Å². The molecule has 4 nitrogen and oxygen atoms in total. The van der Waals surface area contributed by atoms with Crippen LogP contribution in [0.25, 0.3) is 0 Å². The van der Waals surface area contributed by atoms with Crippen molar-refractivity contribution in [3.63, 3.8) is 0 Å². The zero-order chi connectivity index (χ0) is 22.7. The molecule has 0 rings (SSSR count). The first-order valence-corrected chi connectivity index (χ1v) is 13.9. The summed E-state index contributed by atoms with van der Waals surface area (Å²) in [6, 6.07) is 0. The number of quaternary nitrogens is 1. The minimum Gasteiger partial charge on any atom is -0.320 e. The fraction of sp³-hybridized carbons (Fsp3) is 0.840. The van der Waals surface area contributed by atoms with Gasteiger partial charge in [0.25, 0.3) is 0 Å². The maximum atomic E-state index is 12.6. The lowest BCUT2D eigenvalue weighted by molar-refractivity contribution is -0.883. The lowest BCUT2D eigenvalue weighted by Gasteiger charge is -2.35. The Kier molecular flexibility index (Phi) is 17.9. The van der Waals surface area contributed by atoms with Crippen LogP contribution in [0.1, 0.15) is 103 Å². The number of rotatable bonds is 21. The minimum atomic E-state index is -3.57. The zero-order valence-electron chi connectivity index (χ0n) is 20.5. The second-order valence-electron chi connectivity index (χ2n) is 9.44. The van der Waals surface area contributed by atoms with Gasteiger partial charge in [-0.05, 0) is 51.4 Å². The van der Waals surface area contributed by atoms with Gasteiger partial charge in [-0.25, -0.2) is 0 Å². The van der Waals surface area contributed by atoms with Gasteiger partial charge in [-0.2, -0.15) is 0 Å². The van der Waals surface area contributed by atoms with E-state index in [9.17, 15) is 9.46 Å². The molecule has 0 aromatic heterocycles. The van der Waals surface area contributed by atoms with Gasteiger partial charge in [-0.1, -0.05) is 63.7 Å². The van der Waals surface area contributed by atoms with Crippen LogP contribution in [0.5, 0.6) is 0 Å². The topological polar surface area (TPSA) is 46.5 Å². The van der Waals surface area contributed by atoms with Gasteiger partial charge in [0.05, 0.1) is 27.7 Å². The Bertz CT molecular complexity index is 485. The molecule has 0 aliphatic heterocycles. The molecule has 0 radical (unpaired) electrons. The van der Waals surface area contributed by atoms with Crippen molar-refractivity contribution in [3.05, 3.63) is 24.8 Å². The molecule has 0 saturated carbocycles. The van der Waals surface area contributed by atoms with E-state index in [4.69, 9.17) is 4.52 Å². The number of allylic oxidation sites excluding steroid dienone is 3. The highest BCUT2D eigenvalue weighted by molar-refractivity contribution is 7.53. The summed E-state index contributed by atoms with van der Waals surface area (Å²) in [5, 5.41) is 0. The first kappa shape index (κ1) is 29.6. The molecule has 0 heterocycles. The Morgan fingerprint density at radius 3 is 1.83 bits per heavy atom. The minimum absolute atomic E-state index is 0.338. The number of hydrogen-bond donors (Lipinski definition) is 1. The van der Waals surface area contributed by atoms with E-state index in [1.165, 1.54) is 64.2 Å². The van der Waals surface area contributed by atoms with Crippen LogP contribution < -0.4 is 0 Å². The number of hydrogen-bond acceptors (Lipinski definition) is 2. The normalized spacial score (nSPS) is 15.4. The molecule has 2 atom stereocenters. The zero-order valence-corrected chi connectivity index (χ0v) is 21.4. The molecule has 178 valence electrons. The molecule has 2 unspecified atom stereocenters. The van der Waals surface area contributed by atoms with Crippen molar-refractivity contribution in [2.75, 3.05) is 27.7 Å². The third-order valence-corrected chi connectivity index (χ3v) is 7.81. The van der Waals surface area contributed by atoms with E-state index >= 15 is 0 Å². The number of unbranched alkanes of at least 4 members (excludes halogenated alkanes) is 11. The lowest BCUT2D eigenvalue weighted by Crippen LogP contribution is -2.45. The molecule has 0 spiro atoms. The molecule has 0 saturated heterocycles. The summed E-state index contributed by atoms with van der Waals surface area (Å²) in [7, 11) is 2.33. The smallest absolute Gasteiger partial charge is 0.320 e. The maximum absolute atomic E-state index is 12.6. The van der Waals surface area contributed by atoms with Crippen LogP contribution in [0, 0.1) is 0 Å². The molecule has 5 heteroatoms. The summed E-state index contributed by atoms with van der Waals surface area (Å²) in [6.45, 7) is 6.20. The van der Waals surface area contributed by atoms with Crippen molar-refractivity contribution in [1.29, 1.82) is 0 Å². The molecule has 0 aromatic carbocycles. The molecule has 1 N–H and O–H groups in total. The molecule has 0 aliphatic rings. The highest BCUT2D eigenvalue weighted by Crippen LogP contribution is 2.51. The molecular formula is C25H51NO3P+. The van der Waals surface area contributed by atoms with Crippen molar-refractivity contribution < 1.29 is 18.5 Å². The van der Waals surface area contributed by atoms with Gasteiger partial charge in [0.2, 0.25) is 0 Å². The number of nitrogens with zero attached hydrogens (tertiary/aromatic N) is 1. The van der Waals surface area contributed by atoms with Crippen molar-refractivity contribution in [3.8, 4) is 0 Å². The van der Waals surface area contributed by atoms with Gasteiger partial charge in [-0.15, -0.1) is 6.58 Å². The van der Waals surface area contributed by atoms with Gasteiger partial charge in [0.15, 0.2) is 5.78 Å². The molecule has 0 bridgehead atoms. The molecular weight excluding hydrogens is 393 g/mol. The Morgan fingerprint density at radius 1 is 0.867 bits per heavy atom. The fourth-order valence-electron chi connectivity index (χ4n) is 3.74. The first-order chi connectivity index (χ1) is 14.3. The summed E-state index contributed by atoms with van der Waals surface area (Å²) in [5.41, 5.74) is 0. The van der Waals surface area contributed by atoms with Crippen LogP contribution in [0.3, 0.4) is 0 Å². The monoisotopic (exact) mass is 444 g/mol. The van der Waals surface area contributed by atoms with Crippen molar-refractivity contribution in [2.24, 2.45) is 0 Å². The van der Waals surface area contributed by atoms with Crippen LogP contribution in [-0.4, -0.2) is 42.9 Å². The van der Waals surface area contributed by atoms with Crippen molar-refractivity contribution in [1.82, 2.24) is 0 Å². The molecule has 0 aliphatic carbocycles. The van der Waals surface area contributed by atoms with E-state index < -0.39 is 7.60 Å². The largest absolute Gasteiger partial charge is 0.385 e. The second-order valence-corrected chi connectivity index (χ2v) is 11.4. The predicted octanol–water partition coefficient (Wildman–Crippen LogP) is 7.83. The standard InChI is InChI=1S/C25H50NO3P/c1-6-8-9-10-11-12-13-14-15-16-17-18-19-20-21-22-24-29-30(27,28)25(23-7-2)26(3,4)5/h6,12-13,25H,1,7-11,14-24H2,2-5H3/p+1. The SMILES string of the molecule is C=CCCCCC=CCCCCCCCCCCOP(=O)(O)C(CCC)[N+](C)(C)C. The summed E-state index contributed by atoms with van der Waals surface area (Å²) in [4.78, 5) is 10.4. The highest BCUT2D eigenvalue weighted by atomic mass is 31.2. The molecule has 0 aromatic rings. The molecule has 0 amide bonds. The molecule has 0 fully saturated rings. The van der Waals surface area contributed by atoms with E-state index in [2.05, 4.69) is 18.7 Å². The van der Waals surface area contributed by atoms with Crippen LogP contribution in [0.15, 0.2) is 24.8 Å². The van der Waals surface area contributed by atoms with Gasteiger partial charge < -0.3 is 13.9 Å². The summed E-state index contributed by atoms with van der Waals surface area (Å²) in [6.07, 6.45) is 24.0. The van der Waals surface area contributed by atoms with Crippen LogP contribution >= 0.6 is 7.60 Å². The lowest BCUT2D eigenvalue weighted by atomic mass is 10.1. The van der Waals surface area contributed by atoms with Crippen LogP contribution in [-0.2, 0) is 9.09 Å². The van der Waals surface area contributed by atoms with Crippen LogP contribution in [0.4, 0.5) is 0 Å².